The summed E-state index contributed by atoms with van der Waals surface area (Å²) in [5, 5.41) is 28.9. The van der Waals surface area contributed by atoms with Crippen LogP contribution in [0.3, 0.4) is 0 Å². The molecule has 0 heterocycles. The van der Waals surface area contributed by atoms with Crippen LogP contribution < -0.4 is 5.73 Å². The summed E-state index contributed by atoms with van der Waals surface area (Å²) in [6, 6.07) is 0. The third-order valence-electron chi connectivity index (χ3n) is 4.31. The van der Waals surface area contributed by atoms with Gasteiger partial charge in [0.15, 0.2) is 0 Å². The average Bonchev–Trinajstić information content (AvgIpc) is 2.98. The molecule has 0 radical (unpaired) electrons. The lowest BCUT2D eigenvalue weighted by Crippen LogP contribution is -2.58. The van der Waals surface area contributed by atoms with E-state index < -0.39 is 47.3 Å². The third kappa shape index (κ3) is 2.04. The Hall–Kier alpha value is -0.790. The smallest absolute Gasteiger partial charge is 0.324 e. The first kappa shape index (κ1) is 14.6. The van der Waals surface area contributed by atoms with Gasteiger partial charge in [-0.15, -0.1) is 0 Å². The summed E-state index contributed by atoms with van der Waals surface area (Å²) < 4.78 is 0. The van der Waals surface area contributed by atoms with Gasteiger partial charge in [-0.1, -0.05) is 13.8 Å². The van der Waals surface area contributed by atoms with Crippen molar-refractivity contribution in [2.24, 2.45) is 29.4 Å². The molecule has 2 aliphatic rings. The van der Waals surface area contributed by atoms with E-state index in [9.17, 15) is 19.8 Å². The van der Waals surface area contributed by atoms with E-state index in [1.165, 1.54) is 11.8 Å². The van der Waals surface area contributed by atoms with Crippen LogP contribution in [0.25, 0.3) is 0 Å². The molecule has 108 valence electrons. The van der Waals surface area contributed by atoms with Crippen molar-refractivity contribution in [2.45, 2.75) is 30.7 Å². The first-order chi connectivity index (χ1) is 8.72. The number of carbonyl (C=O) groups is 2. The van der Waals surface area contributed by atoms with Crippen LogP contribution in [0.4, 0.5) is 0 Å². The second kappa shape index (κ2) is 4.64. The maximum atomic E-state index is 11.5. The van der Waals surface area contributed by atoms with Crippen molar-refractivity contribution in [1.29, 1.82) is 0 Å². The fourth-order valence-electron chi connectivity index (χ4n) is 3.32. The third-order valence-corrected chi connectivity index (χ3v) is 5.53. The number of carboxylic acids is 2. The molecule has 2 saturated carbocycles. The Morgan fingerprint density at radius 3 is 2.37 bits per heavy atom. The highest BCUT2D eigenvalue weighted by Gasteiger charge is 2.77. The summed E-state index contributed by atoms with van der Waals surface area (Å²) in [7, 11) is 0. The van der Waals surface area contributed by atoms with E-state index in [0.717, 1.165) is 0 Å². The predicted octanol–water partition coefficient (Wildman–Crippen LogP) is -0.152. The first-order valence-electron chi connectivity index (χ1n) is 6.27. The molecule has 6 nitrogen and oxygen atoms in total. The number of carboxylic acid groups (broad SMARTS) is 2. The molecule has 0 bridgehead atoms. The van der Waals surface area contributed by atoms with Crippen molar-refractivity contribution in [3.8, 4) is 0 Å². The van der Waals surface area contributed by atoms with E-state index in [1.54, 1.807) is 0 Å². The topological polar surface area (TPSA) is 121 Å². The minimum atomic E-state index is -1.63. The van der Waals surface area contributed by atoms with Gasteiger partial charge in [-0.25, -0.2) is 0 Å². The maximum Gasteiger partial charge on any atom is 0.324 e. The fraction of sp³-hybridized carbons (Fsp3) is 0.833. The molecule has 6 atom stereocenters. The predicted molar refractivity (Wildman–Crippen MR) is 69.8 cm³/mol. The lowest BCUT2D eigenvalue weighted by atomic mass is 9.81. The minimum absolute atomic E-state index is 0.303. The zero-order valence-corrected chi connectivity index (χ0v) is 11.6. The van der Waals surface area contributed by atoms with Crippen molar-refractivity contribution in [3.05, 3.63) is 0 Å². The SMILES string of the molecule is CC(C)SC[C@@H]1[C@@H](O)[C@H]2[C@H](C(=O)O)[C@H]2[C@]1(N)C(=O)O. The molecule has 0 amide bonds. The number of aliphatic hydroxyl groups excluding tert-OH is 1. The quantitative estimate of drug-likeness (QED) is 0.555. The molecule has 2 aliphatic carbocycles. The molecule has 2 rings (SSSR count). The van der Waals surface area contributed by atoms with Crippen LogP contribution in [0.2, 0.25) is 0 Å². The van der Waals surface area contributed by atoms with Crippen LogP contribution in [0.5, 0.6) is 0 Å². The Morgan fingerprint density at radius 2 is 1.95 bits per heavy atom. The van der Waals surface area contributed by atoms with Gasteiger partial charge < -0.3 is 21.1 Å². The molecule has 0 unspecified atom stereocenters. The van der Waals surface area contributed by atoms with Gasteiger partial charge in [-0.05, 0) is 5.25 Å². The molecular formula is C12H19NO5S. The van der Waals surface area contributed by atoms with Gasteiger partial charge >= 0.3 is 11.9 Å². The molecular weight excluding hydrogens is 270 g/mol. The van der Waals surface area contributed by atoms with Crippen molar-refractivity contribution in [1.82, 2.24) is 0 Å². The highest BCUT2D eigenvalue weighted by Crippen LogP contribution is 2.64. The molecule has 0 aliphatic heterocycles. The summed E-state index contributed by atoms with van der Waals surface area (Å²) in [4.78, 5) is 22.5. The van der Waals surface area contributed by atoms with E-state index in [4.69, 9.17) is 10.8 Å². The van der Waals surface area contributed by atoms with Gasteiger partial charge in [0.1, 0.15) is 5.54 Å². The lowest BCUT2D eigenvalue weighted by molar-refractivity contribution is -0.148. The zero-order chi connectivity index (χ0) is 14.5. The number of aliphatic hydroxyl groups is 1. The molecule has 5 N–H and O–H groups in total. The first-order valence-corrected chi connectivity index (χ1v) is 7.32. The number of rotatable bonds is 5. The Labute approximate surface area is 115 Å². The van der Waals surface area contributed by atoms with Crippen LogP contribution in [-0.2, 0) is 9.59 Å². The maximum absolute atomic E-state index is 11.5. The number of hydrogen-bond donors (Lipinski definition) is 4. The van der Waals surface area contributed by atoms with Gasteiger partial charge in [-0.3, -0.25) is 9.59 Å². The van der Waals surface area contributed by atoms with Gasteiger partial charge in [0.25, 0.3) is 0 Å². The summed E-state index contributed by atoms with van der Waals surface area (Å²) in [5.41, 5.74) is 4.37. The monoisotopic (exact) mass is 289 g/mol. The fourth-order valence-corrected chi connectivity index (χ4v) is 4.39. The van der Waals surface area contributed by atoms with Crippen molar-refractivity contribution >= 4 is 23.7 Å². The van der Waals surface area contributed by atoms with Crippen molar-refractivity contribution < 1.29 is 24.9 Å². The number of hydrogen-bond acceptors (Lipinski definition) is 5. The average molecular weight is 289 g/mol. The highest BCUT2D eigenvalue weighted by atomic mass is 32.2. The van der Waals surface area contributed by atoms with E-state index in [-0.39, 0.29) is 0 Å². The zero-order valence-electron chi connectivity index (χ0n) is 10.8. The Morgan fingerprint density at radius 1 is 1.37 bits per heavy atom. The molecule has 0 saturated heterocycles. The Kier molecular flexibility index (Phi) is 3.57. The largest absolute Gasteiger partial charge is 0.481 e. The standard InChI is InChI=1S/C12H19NO5S/c1-4(2)19-3-5-9(14)6-7(10(15)16)8(6)12(5,13)11(17)18/h4-9,14H,3,13H2,1-2H3,(H,15,16)(H,17,18)/t5-,6+,7+,8+,9-,12+/m1/s1. The van der Waals surface area contributed by atoms with Crippen LogP contribution in [-0.4, -0.2) is 49.9 Å². The number of nitrogens with two attached hydrogens (primary N) is 1. The van der Waals surface area contributed by atoms with Crippen LogP contribution >= 0.6 is 11.8 Å². The second-order valence-corrected chi connectivity index (χ2v) is 7.29. The minimum Gasteiger partial charge on any atom is -0.481 e. The van der Waals surface area contributed by atoms with E-state index >= 15 is 0 Å². The normalized spacial score (nSPS) is 44.2. The molecule has 0 spiro atoms. The Balaban J connectivity index is 2.22. The molecule has 2 fully saturated rings. The molecule has 7 heteroatoms. The lowest BCUT2D eigenvalue weighted by Gasteiger charge is -2.33. The molecule has 0 aromatic heterocycles. The molecule has 0 aromatic rings. The van der Waals surface area contributed by atoms with Crippen molar-refractivity contribution in [3.63, 3.8) is 0 Å². The van der Waals surface area contributed by atoms with Gasteiger partial charge in [0.2, 0.25) is 0 Å². The van der Waals surface area contributed by atoms with Gasteiger partial charge in [-0.2, -0.15) is 11.8 Å². The second-order valence-electron chi connectivity index (χ2n) is 5.68. The molecule has 19 heavy (non-hydrogen) atoms. The van der Waals surface area contributed by atoms with Gasteiger partial charge in [0, 0.05) is 23.5 Å². The number of fused-ring (bicyclic) bond motifs is 1. The van der Waals surface area contributed by atoms with E-state index in [2.05, 4.69) is 0 Å². The van der Waals surface area contributed by atoms with Crippen LogP contribution in [0.15, 0.2) is 0 Å². The summed E-state index contributed by atoms with van der Waals surface area (Å²) in [5.74, 6) is -4.44. The van der Waals surface area contributed by atoms with Gasteiger partial charge in [0.05, 0.1) is 12.0 Å². The van der Waals surface area contributed by atoms with E-state index in [1.807, 2.05) is 13.8 Å². The summed E-state index contributed by atoms with van der Waals surface area (Å²) in [6.07, 6.45) is -0.946. The van der Waals surface area contributed by atoms with Crippen LogP contribution in [0, 0.1) is 23.7 Å². The number of aliphatic carboxylic acids is 2. The molecule has 0 aromatic carbocycles. The van der Waals surface area contributed by atoms with Crippen molar-refractivity contribution in [2.75, 3.05) is 5.75 Å². The summed E-state index contributed by atoms with van der Waals surface area (Å²) >= 11 is 1.53. The van der Waals surface area contributed by atoms with Crippen LogP contribution in [0.1, 0.15) is 13.8 Å². The highest BCUT2D eigenvalue weighted by molar-refractivity contribution is 7.99. The summed E-state index contributed by atoms with van der Waals surface area (Å²) in [6.45, 7) is 3.96. The Bertz CT molecular complexity index is 415. The van der Waals surface area contributed by atoms with E-state index in [0.29, 0.717) is 11.0 Å². The number of thioether (sulfide) groups is 1.